The molecule has 474 valence electrons. The standard InChI is InChI=1S/C70H136NO8P/c1-3-5-7-9-11-13-15-17-19-21-23-25-26-27-28-29-30-31-32-33-34-35-36-37-38-39-40-41-43-44-46-48-50-52-54-56-58-60-62-69(72)76-66-68(67-78-80(74,75)77-65-64-71)79-70(73)63-61-59-57-55-53-51-49-47-45-42-24-22-20-18-16-14-12-10-8-6-4-2/h16,18,22,24,68H,3-15,17,19-21,23,25-67,71H2,1-2H3,(H,74,75)/b18-16-,24-22-. The van der Waals surface area contributed by atoms with Crippen molar-refractivity contribution in [3.8, 4) is 0 Å². The lowest BCUT2D eigenvalue weighted by Gasteiger charge is -2.19. The highest BCUT2D eigenvalue weighted by molar-refractivity contribution is 7.47. The molecule has 0 saturated carbocycles. The Morgan fingerprint density at radius 1 is 0.375 bits per heavy atom. The zero-order valence-corrected chi connectivity index (χ0v) is 54.2. The second-order valence-electron chi connectivity index (χ2n) is 24.1. The molecule has 0 aromatic heterocycles. The van der Waals surface area contributed by atoms with E-state index in [0.717, 1.165) is 51.4 Å². The maximum atomic E-state index is 12.7. The Bertz CT molecular complexity index is 1360. The smallest absolute Gasteiger partial charge is 0.462 e. The first kappa shape index (κ1) is 78.5. The van der Waals surface area contributed by atoms with Crippen molar-refractivity contribution < 1.29 is 37.6 Å². The molecule has 0 radical (unpaired) electrons. The van der Waals surface area contributed by atoms with Crippen LogP contribution in [-0.2, 0) is 32.7 Å². The van der Waals surface area contributed by atoms with Gasteiger partial charge in [-0.05, 0) is 44.9 Å². The second-order valence-corrected chi connectivity index (χ2v) is 25.6. The normalized spacial score (nSPS) is 13.0. The van der Waals surface area contributed by atoms with Gasteiger partial charge in [0.05, 0.1) is 13.2 Å². The highest BCUT2D eigenvalue weighted by Crippen LogP contribution is 2.43. The Morgan fingerprint density at radius 2 is 0.650 bits per heavy atom. The van der Waals surface area contributed by atoms with Crippen molar-refractivity contribution in [2.24, 2.45) is 5.73 Å². The highest BCUT2D eigenvalue weighted by atomic mass is 31.2. The minimum absolute atomic E-state index is 0.0549. The fourth-order valence-electron chi connectivity index (χ4n) is 10.8. The van der Waals surface area contributed by atoms with Crippen LogP contribution < -0.4 is 5.73 Å². The minimum Gasteiger partial charge on any atom is -0.462 e. The summed E-state index contributed by atoms with van der Waals surface area (Å²) >= 11 is 0. The van der Waals surface area contributed by atoms with Crippen molar-refractivity contribution in [3.63, 3.8) is 0 Å². The van der Waals surface area contributed by atoms with Gasteiger partial charge in [-0.25, -0.2) is 4.57 Å². The molecule has 0 bridgehead atoms. The number of unbranched alkanes of at least 4 members (excludes halogenated alkanes) is 51. The van der Waals surface area contributed by atoms with Gasteiger partial charge < -0.3 is 20.1 Å². The van der Waals surface area contributed by atoms with Gasteiger partial charge in [-0.3, -0.25) is 18.6 Å². The van der Waals surface area contributed by atoms with Crippen LogP contribution in [0.2, 0.25) is 0 Å². The number of hydrogen-bond acceptors (Lipinski definition) is 8. The third kappa shape index (κ3) is 65.6. The van der Waals surface area contributed by atoms with Crippen molar-refractivity contribution in [2.45, 2.75) is 386 Å². The summed E-state index contributed by atoms with van der Waals surface area (Å²) in [5, 5.41) is 0. The summed E-state index contributed by atoms with van der Waals surface area (Å²) < 4.78 is 33.1. The monoisotopic (exact) mass is 1150 g/mol. The first-order chi connectivity index (χ1) is 39.3. The zero-order chi connectivity index (χ0) is 58.0. The highest BCUT2D eigenvalue weighted by Gasteiger charge is 2.26. The molecule has 0 heterocycles. The van der Waals surface area contributed by atoms with Gasteiger partial charge in [0.2, 0.25) is 0 Å². The van der Waals surface area contributed by atoms with E-state index in [1.54, 1.807) is 0 Å². The van der Waals surface area contributed by atoms with Gasteiger partial charge >= 0.3 is 19.8 Å². The maximum Gasteiger partial charge on any atom is 0.472 e. The van der Waals surface area contributed by atoms with Gasteiger partial charge in [0, 0.05) is 19.4 Å². The summed E-state index contributed by atoms with van der Waals surface area (Å²) in [7, 11) is -4.39. The molecular weight excluding hydrogens is 1010 g/mol. The Kier molecular flexibility index (Phi) is 65.4. The number of carbonyl (C=O) groups excluding carboxylic acids is 2. The number of rotatable bonds is 68. The molecule has 0 aromatic rings. The summed E-state index contributed by atoms with van der Waals surface area (Å²) in [6.45, 7) is 3.80. The first-order valence-electron chi connectivity index (χ1n) is 35.3. The summed E-state index contributed by atoms with van der Waals surface area (Å²) in [6.07, 6.45) is 81.5. The molecule has 10 heteroatoms. The number of phosphoric ester groups is 1. The molecule has 3 N–H and O–H groups in total. The van der Waals surface area contributed by atoms with E-state index in [0.29, 0.717) is 6.42 Å². The van der Waals surface area contributed by atoms with Crippen molar-refractivity contribution in [1.29, 1.82) is 0 Å². The summed E-state index contributed by atoms with van der Waals surface area (Å²) in [5.41, 5.74) is 5.40. The van der Waals surface area contributed by atoms with Crippen LogP contribution in [0.4, 0.5) is 0 Å². The van der Waals surface area contributed by atoms with Gasteiger partial charge in [0.15, 0.2) is 6.10 Å². The molecule has 0 aromatic carbocycles. The van der Waals surface area contributed by atoms with E-state index in [9.17, 15) is 19.0 Å². The quantitative estimate of drug-likeness (QED) is 0.0264. The van der Waals surface area contributed by atoms with E-state index in [1.165, 1.54) is 295 Å². The van der Waals surface area contributed by atoms with Crippen LogP contribution >= 0.6 is 7.82 Å². The number of allylic oxidation sites excluding steroid dienone is 4. The molecular formula is C70H136NO8P. The Hall–Kier alpha value is -1.51. The number of hydrogen-bond donors (Lipinski definition) is 2. The van der Waals surface area contributed by atoms with Crippen molar-refractivity contribution in [2.75, 3.05) is 26.4 Å². The van der Waals surface area contributed by atoms with E-state index in [4.69, 9.17) is 24.3 Å². The number of ether oxygens (including phenoxy) is 2. The molecule has 9 nitrogen and oxygen atoms in total. The summed E-state index contributed by atoms with van der Waals surface area (Å²) in [4.78, 5) is 35.3. The lowest BCUT2D eigenvalue weighted by atomic mass is 10.0. The molecule has 0 spiro atoms. The summed E-state index contributed by atoms with van der Waals surface area (Å²) in [5.74, 6) is -0.812. The van der Waals surface area contributed by atoms with E-state index < -0.39 is 26.5 Å². The van der Waals surface area contributed by atoms with Crippen LogP contribution in [0.15, 0.2) is 24.3 Å². The minimum atomic E-state index is -4.39. The van der Waals surface area contributed by atoms with Crippen LogP contribution in [0.5, 0.6) is 0 Å². The van der Waals surface area contributed by atoms with Crippen molar-refractivity contribution in [3.05, 3.63) is 24.3 Å². The van der Waals surface area contributed by atoms with Gasteiger partial charge in [-0.15, -0.1) is 0 Å². The molecule has 0 fully saturated rings. The first-order valence-corrected chi connectivity index (χ1v) is 36.8. The number of phosphoric acid groups is 1. The van der Waals surface area contributed by atoms with E-state index in [-0.39, 0.29) is 38.6 Å². The number of nitrogens with two attached hydrogens (primary N) is 1. The van der Waals surface area contributed by atoms with Gasteiger partial charge in [0.25, 0.3) is 0 Å². The largest absolute Gasteiger partial charge is 0.472 e. The predicted molar refractivity (Wildman–Crippen MR) is 344 cm³/mol. The van der Waals surface area contributed by atoms with E-state index in [1.807, 2.05) is 0 Å². The van der Waals surface area contributed by atoms with Crippen LogP contribution in [-0.4, -0.2) is 49.3 Å². The SMILES string of the molecule is CCCCCCC/C=C\C/C=C\CCCCCCCCCCCC(=O)OC(COC(=O)CCCCCCCCCCCCCCCCCCCCCCCCCCCCCCCCCCCCCCCC)COP(=O)(O)OCCN. The van der Waals surface area contributed by atoms with Gasteiger partial charge in [0.1, 0.15) is 6.61 Å². The van der Waals surface area contributed by atoms with Crippen LogP contribution in [0.1, 0.15) is 380 Å². The predicted octanol–water partition coefficient (Wildman–Crippen LogP) is 22.9. The van der Waals surface area contributed by atoms with Crippen molar-refractivity contribution >= 4 is 19.8 Å². The molecule has 2 unspecified atom stereocenters. The second kappa shape index (κ2) is 66.6. The van der Waals surface area contributed by atoms with Crippen molar-refractivity contribution in [1.82, 2.24) is 0 Å². The Labute approximate surface area is 497 Å². The van der Waals surface area contributed by atoms with Crippen LogP contribution in [0, 0.1) is 0 Å². The lowest BCUT2D eigenvalue weighted by molar-refractivity contribution is -0.161. The lowest BCUT2D eigenvalue weighted by Crippen LogP contribution is -2.29. The molecule has 0 aliphatic carbocycles. The third-order valence-corrected chi connectivity index (χ3v) is 17.1. The average molecular weight is 1150 g/mol. The number of esters is 2. The van der Waals surface area contributed by atoms with E-state index in [2.05, 4.69) is 38.2 Å². The topological polar surface area (TPSA) is 134 Å². The molecule has 0 aliphatic heterocycles. The summed E-state index contributed by atoms with van der Waals surface area (Å²) in [6, 6.07) is 0. The molecule has 0 amide bonds. The maximum absolute atomic E-state index is 12.7. The zero-order valence-electron chi connectivity index (χ0n) is 53.3. The van der Waals surface area contributed by atoms with Gasteiger partial charge in [-0.1, -0.05) is 346 Å². The van der Waals surface area contributed by atoms with Gasteiger partial charge in [-0.2, -0.15) is 0 Å². The fraction of sp³-hybridized carbons (Fsp3) is 0.914. The van der Waals surface area contributed by atoms with E-state index >= 15 is 0 Å². The average Bonchev–Trinajstić information content (AvgIpc) is 3.45. The Balaban J connectivity index is 3.75. The Morgan fingerprint density at radius 3 is 0.950 bits per heavy atom. The number of carbonyl (C=O) groups is 2. The molecule has 80 heavy (non-hydrogen) atoms. The third-order valence-electron chi connectivity index (χ3n) is 16.1. The van der Waals surface area contributed by atoms with Crippen LogP contribution in [0.3, 0.4) is 0 Å². The molecule has 0 aliphatic rings. The molecule has 2 atom stereocenters. The van der Waals surface area contributed by atoms with Crippen LogP contribution in [0.25, 0.3) is 0 Å². The molecule has 0 saturated heterocycles. The fourth-order valence-corrected chi connectivity index (χ4v) is 11.6. The molecule has 0 rings (SSSR count).